The number of rotatable bonds is 6. The zero-order valence-corrected chi connectivity index (χ0v) is 9.36. The summed E-state index contributed by atoms with van der Waals surface area (Å²) in [7, 11) is 0. The first-order valence-corrected chi connectivity index (χ1v) is 5.49. The van der Waals surface area contributed by atoms with E-state index in [1.165, 1.54) is 0 Å². The van der Waals surface area contributed by atoms with E-state index >= 15 is 0 Å². The molecule has 0 spiro atoms. The van der Waals surface area contributed by atoms with Crippen LogP contribution in [0.4, 0.5) is 0 Å². The summed E-state index contributed by atoms with van der Waals surface area (Å²) in [5.74, 6) is -0.888. The fraction of sp³-hybridized carbons (Fsp3) is 0.636. The molecule has 0 amide bonds. The summed E-state index contributed by atoms with van der Waals surface area (Å²) < 4.78 is 1.61. The van der Waals surface area contributed by atoms with Gasteiger partial charge in [-0.2, -0.15) is 5.10 Å². The lowest BCUT2D eigenvalue weighted by atomic mass is 10.2. The number of aromatic carboxylic acids is 1. The van der Waals surface area contributed by atoms with Gasteiger partial charge in [-0.25, -0.2) is 4.79 Å². The van der Waals surface area contributed by atoms with E-state index in [1.807, 2.05) is 0 Å². The van der Waals surface area contributed by atoms with Gasteiger partial charge in [-0.3, -0.25) is 4.68 Å². The molecule has 0 saturated carbocycles. The molecular formula is C11H18N2O2. The lowest BCUT2D eigenvalue weighted by molar-refractivity contribution is 0.0683. The van der Waals surface area contributed by atoms with Crippen LogP contribution in [-0.4, -0.2) is 20.9 Å². The van der Waals surface area contributed by atoms with Crippen LogP contribution < -0.4 is 0 Å². The number of hydrogen-bond donors (Lipinski definition) is 1. The smallest absolute Gasteiger partial charge is 0.354 e. The van der Waals surface area contributed by atoms with Gasteiger partial charge in [0.1, 0.15) is 5.69 Å². The van der Waals surface area contributed by atoms with Gasteiger partial charge in [0.2, 0.25) is 0 Å². The minimum absolute atomic E-state index is 0.312. The second-order valence-electron chi connectivity index (χ2n) is 3.65. The third kappa shape index (κ3) is 3.08. The van der Waals surface area contributed by atoms with Crippen LogP contribution in [0.3, 0.4) is 0 Å². The van der Waals surface area contributed by atoms with Gasteiger partial charge >= 0.3 is 5.97 Å². The highest BCUT2D eigenvalue weighted by Gasteiger charge is 2.12. The highest BCUT2D eigenvalue weighted by atomic mass is 16.4. The number of unbranched alkanes of at least 4 members (excludes halogenated alkanes) is 1. The van der Waals surface area contributed by atoms with Crippen molar-refractivity contribution in [3.8, 4) is 0 Å². The fourth-order valence-corrected chi connectivity index (χ4v) is 1.50. The minimum Gasteiger partial charge on any atom is -0.477 e. The maximum Gasteiger partial charge on any atom is 0.354 e. The minimum atomic E-state index is -0.888. The first kappa shape index (κ1) is 11.8. The van der Waals surface area contributed by atoms with E-state index in [-0.39, 0.29) is 0 Å². The van der Waals surface area contributed by atoms with Crippen molar-refractivity contribution in [3.63, 3.8) is 0 Å². The average Bonchev–Trinajstić information content (AvgIpc) is 2.59. The molecule has 0 atom stereocenters. The number of carboxylic acids is 1. The Hall–Kier alpha value is -1.32. The zero-order valence-electron chi connectivity index (χ0n) is 9.36. The van der Waals surface area contributed by atoms with Crippen LogP contribution in [0.2, 0.25) is 0 Å². The van der Waals surface area contributed by atoms with E-state index < -0.39 is 5.97 Å². The monoisotopic (exact) mass is 210 g/mol. The van der Waals surface area contributed by atoms with Crippen molar-refractivity contribution in [3.05, 3.63) is 17.5 Å². The third-order valence-electron chi connectivity index (χ3n) is 2.28. The lowest BCUT2D eigenvalue weighted by Crippen LogP contribution is -2.09. The highest BCUT2D eigenvalue weighted by molar-refractivity contribution is 5.85. The lowest BCUT2D eigenvalue weighted by Gasteiger charge is -2.01. The van der Waals surface area contributed by atoms with E-state index in [4.69, 9.17) is 5.11 Å². The molecule has 0 aliphatic rings. The second kappa shape index (κ2) is 5.53. The highest BCUT2D eigenvalue weighted by Crippen LogP contribution is 2.08. The van der Waals surface area contributed by atoms with Crippen LogP contribution in [-0.2, 0) is 13.0 Å². The number of aromatic nitrogens is 2. The Morgan fingerprint density at radius 1 is 1.47 bits per heavy atom. The van der Waals surface area contributed by atoms with Gasteiger partial charge in [0, 0.05) is 6.54 Å². The van der Waals surface area contributed by atoms with Crippen LogP contribution in [0.5, 0.6) is 0 Å². The van der Waals surface area contributed by atoms with Crippen LogP contribution >= 0.6 is 0 Å². The summed E-state index contributed by atoms with van der Waals surface area (Å²) >= 11 is 0. The van der Waals surface area contributed by atoms with Crippen molar-refractivity contribution in [1.82, 2.24) is 9.78 Å². The van der Waals surface area contributed by atoms with Gasteiger partial charge in [-0.15, -0.1) is 0 Å². The summed E-state index contributed by atoms with van der Waals surface area (Å²) in [4.78, 5) is 10.9. The van der Waals surface area contributed by atoms with Gasteiger partial charge in [0.25, 0.3) is 0 Å². The van der Waals surface area contributed by atoms with E-state index in [1.54, 1.807) is 10.7 Å². The Balaban J connectivity index is 2.85. The standard InChI is InChI=1S/C11H18N2O2/c1-3-5-7-13-10(11(14)15)8-9(12-13)6-4-2/h8H,3-7H2,1-2H3,(H,14,15). The van der Waals surface area contributed by atoms with Crippen molar-refractivity contribution < 1.29 is 9.90 Å². The SMILES string of the molecule is CCCCn1nc(CCC)cc1C(=O)O. The molecule has 0 aliphatic heterocycles. The molecule has 1 aromatic rings. The van der Waals surface area contributed by atoms with Crippen molar-refractivity contribution in [2.24, 2.45) is 0 Å². The van der Waals surface area contributed by atoms with Gasteiger partial charge in [0.05, 0.1) is 5.69 Å². The van der Waals surface area contributed by atoms with Crippen molar-refractivity contribution >= 4 is 5.97 Å². The Morgan fingerprint density at radius 2 is 2.20 bits per heavy atom. The normalized spacial score (nSPS) is 10.5. The van der Waals surface area contributed by atoms with E-state index in [0.717, 1.165) is 31.4 Å². The molecule has 4 heteroatoms. The average molecular weight is 210 g/mol. The Morgan fingerprint density at radius 3 is 2.73 bits per heavy atom. The number of hydrogen-bond acceptors (Lipinski definition) is 2. The van der Waals surface area contributed by atoms with Gasteiger partial charge in [-0.1, -0.05) is 26.7 Å². The van der Waals surface area contributed by atoms with Gasteiger partial charge in [0.15, 0.2) is 0 Å². The summed E-state index contributed by atoms with van der Waals surface area (Å²) in [5.41, 5.74) is 1.19. The molecule has 1 N–H and O–H groups in total. The molecule has 1 heterocycles. The van der Waals surface area contributed by atoms with Crippen molar-refractivity contribution in [1.29, 1.82) is 0 Å². The number of aryl methyl sites for hydroxylation is 2. The number of carboxylic acid groups (broad SMARTS) is 1. The Kier molecular flexibility index (Phi) is 4.34. The molecule has 0 saturated heterocycles. The molecule has 0 aromatic carbocycles. The zero-order chi connectivity index (χ0) is 11.3. The Bertz CT molecular complexity index is 331. The van der Waals surface area contributed by atoms with E-state index in [2.05, 4.69) is 18.9 Å². The van der Waals surface area contributed by atoms with Crippen LogP contribution in [0, 0.1) is 0 Å². The molecule has 84 valence electrons. The van der Waals surface area contributed by atoms with Crippen LogP contribution in [0.15, 0.2) is 6.07 Å². The molecule has 0 radical (unpaired) electrons. The van der Waals surface area contributed by atoms with Crippen LogP contribution in [0.25, 0.3) is 0 Å². The van der Waals surface area contributed by atoms with Gasteiger partial charge < -0.3 is 5.11 Å². The number of nitrogens with zero attached hydrogens (tertiary/aromatic N) is 2. The Labute approximate surface area is 89.9 Å². The molecular weight excluding hydrogens is 192 g/mol. The van der Waals surface area contributed by atoms with Gasteiger partial charge in [-0.05, 0) is 18.9 Å². The predicted octanol–water partition coefficient (Wildman–Crippen LogP) is 2.33. The fourth-order valence-electron chi connectivity index (χ4n) is 1.50. The summed E-state index contributed by atoms with van der Waals surface area (Å²) in [5, 5.41) is 13.3. The molecule has 1 aromatic heterocycles. The van der Waals surface area contributed by atoms with E-state index in [9.17, 15) is 4.79 Å². The number of carbonyl (C=O) groups is 1. The summed E-state index contributed by atoms with van der Waals surface area (Å²) in [6.45, 7) is 4.84. The summed E-state index contributed by atoms with van der Waals surface area (Å²) in [6.07, 6.45) is 3.85. The largest absolute Gasteiger partial charge is 0.477 e. The molecule has 4 nitrogen and oxygen atoms in total. The third-order valence-corrected chi connectivity index (χ3v) is 2.28. The molecule has 15 heavy (non-hydrogen) atoms. The maximum atomic E-state index is 10.9. The van der Waals surface area contributed by atoms with Crippen molar-refractivity contribution in [2.45, 2.75) is 46.1 Å². The molecule has 0 bridgehead atoms. The molecule has 0 fully saturated rings. The second-order valence-corrected chi connectivity index (χ2v) is 3.65. The first-order chi connectivity index (χ1) is 7.19. The van der Waals surface area contributed by atoms with E-state index in [0.29, 0.717) is 12.2 Å². The maximum absolute atomic E-state index is 10.9. The van der Waals surface area contributed by atoms with Crippen LogP contribution in [0.1, 0.15) is 49.3 Å². The molecule has 0 aliphatic carbocycles. The first-order valence-electron chi connectivity index (χ1n) is 5.49. The van der Waals surface area contributed by atoms with Crippen molar-refractivity contribution in [2.75, 3.05) is 0 Å². The molecule has 0 unspecified atom stereocenters. The predicted molar refractivity (Wildman–Crippen MR) is 58.1 cm³/mol. The quantitative estimate of drug-likeness (QED) is 0.784. The molecule has 1 rings (SSSR count). The summed E-state index contributed by atoms with van der Waals surface area (Å²) in [6, 6.07) is 1.68. The topological polar surface area (TPSA) is 55.1 Å².